The Kier molecular flexibility index (Phi) is 7.09. The minimum absolute atomic E-state index is 0.164. The zero-order chi connectivity index (χ0) is 12.6. The number of hydrogen-bond acceptors (Lipinski definition) is 3. The van der Waals surface area contributed by atoms with E-state index in [2.05, 4.69) is 6.92 Å². The van der Waals surface area contributed by atoms with Gasteiger partial charge >= 0.3 is 0 Å². The quantitative estimate of drug-likeness (QED) is 0.644. The fourth-order valence-electron chi connectivity index (χ4n) is 2.68. The largest absolute Gasteiger partial charge is 0.392 e. The Morgan fingerprint density at radius 3 is 2.65 bits per heavy atom. The molecule has 0 bridgehead atoms. The molecule has 0 spiro atoms. The summed E-state index contributed by atoms with van der Waals surface area (Å²) < 4.78 is 5.50. The van der Waals surface area contributed by atoms with Gasteiger partial charge < -0.3 is 15.6 Å². The molecule has 3 nitrogen and oxygen atoms in total. The van der Waals surface area contributed by atoms with Gasteiger partial charge in [-0.3, -0.25) is 0 Å². The van der Waals surface area contributed by atoms with Crippen LogP contribution in [0.1, 0.15) is 58.3 Å². The van der Waals surface area contributed by atoms with Crippen LogP contribution in [0.2, 0.25) is 0 Å². The number of aliphatic hydroxyl groups excluding tert-OH is 1. The predicted octanol–water partition coefficient (Wildman–Crippen LogP) is 2.46. The molecule has 1 aliphatic rings. The zero-order valence-corrected chi connectivity index (χ0v) is 11.3. The molecule has 0 aliphatic carbocycles. The maximum atomic E-state index is 10.3. The van der Waals surface area contributed by atoms with E-state index in [-0.39, 0.29) is 11.5 Å². The first-order valence-corrected chi connectivity index (χ1v) is 7.21. The summed E-state index contributed by atoms with van der Waals surface area (Å²) in [4.78, 5) is 0. The van der Waals surface area contributed by atoms with Crippen LogP contribution in [0.3, 0.4) is 0 Å². The Morgan fingerprint density at radius 2 is 2.06 bits per heavy atom. The molecule has 17 heavy (non-hydrogen) atoms. The summed E-state index contributed by atoms with van der Waals surface area (Å²) in [5.41, 5.74) is 5.69. The highest BCUT2D eigenvalue weighted by Crippen LogP contribution is 2.33. The van der Waals surface area contributed by atoms with E-state index in [1.165, 1.54) is 25.7 Å². The molecule has 0 aromatic heterocycles. The van der Waals surface area contributed by atoms with Gasteiger partial charge in [-0.2, -0.15) is 0 Å². The molecule has 102 valence electrons. The highest BCUT2D eigenvalue weighted by Gasteiger charge is 2.38. The van der Waals surface area contributed by atoms with Gasteiger partial charge in [-0.1, -0.05) is 39.0 Å². The van der Waals surface area contributed by atoms with Crippen LogP contribution in [0.5, 0.6) is 0 Å². The van der Waals surface area contributed by atoms with Crippen molar-refractivity contribution in [3.63, 3.8) is 0 Å². The highest BCUT2D eigenvalue weighted by molar-refractivity contribution is 4.89. The Bertz CT molecular complexity index is 191. The van der Waals surface area contributed by atoms with Crippen LogP contribution in [0.25, 0.3) is 0 Å². The summed E-state index contributed by atoms with van der Waals surface area (Å²) in [7, 11) is 0. The van der Waals surface area contributed by atoms with Crippen molar-refractivity contribution in [2.45, 2.75) is 64.4 Å². The van der Waals surface area contributed by atoms with Crippen LogP contribution in [0.15, 0.2) is 0 Å². The van der Waals surface area contributed by atoms with E-state index in [0.717, 1.165) is 32.3 Å². The average molecular weight is 243 g/mol. The van der Waals surface area contributed by atoms with Gasteiger partial charge in [-0.05, 0) is 19.3 Å². The fraction of sp³-hybridized carbons (Fsp3) is 1.00. The number of unbranched alkanes of at least 4 members (excludes halogenated alkanes) is 4. The minimum Gasteiger partial charge on any atom is -0.392 e. The standard InChI is InChI=1S/C14H29NO2/c1-2-3-4-5-6-8-13(16)14(11-15)9-7-10-17-12-14/h13,16H,2-12,15H2,1H3. The molecular weight excluding hydrogens is 214 g/mol. The number of aliphatic hydroxyl groups is 1. The van der Waals surface area contributed by atoms with Crippen LogP contribution in [0, 0.1) is 5.41 Å². The van der Waals surface area contributed by atoms with Gasteiger partial charge in [0.1, 0.15) is 0 Å². The fourth-order valence-corrected chi connectivity index (χ4v) is 2.68. The van der Waals surface area contributed by atoms with Crippen LogP contribution in [0.4, 0.5) is 0 Å². The maximum absolute atomic E-state index is 10.3. The molecule has 0 saturated carbocycles. The lowest BCUT2D eigenvalue weighted by Gasteiger charge is -2.40. The van der Waals surface area contributed by atoms with Crippen molar-refractivity contribution in [1.82, 2.24) is 0 Å². The van der Waals surface area contributed by atoms with Gasteiger partial charge in [0.25, 0.3) is 0 Å². The van der Waals surface area contributed by atoms with Crippen LogP contribution < -0.4 is 5.73 Å². The van der Waals surface area contributed by atoms with Gasteiger partial charge in [-0.25, -0.2) is 0 Å². The second-order valence-corrected chi connectivity index (χ2v) is 5.44. The average Bonchev–Trinajstić information content (AvgIpc) is 2.39. The van der Waals surface area contributed by atoms with Crippen LogP contribution >= 0.6 is 0 Å². The number of ether oxygens (including phenoxy) is 1. The lowest BCUT2D eigenvalue weighted by Crippen LogP contribution is -2.47. The lowest BCUT2D eigenvalue weighted by molar-refractivity contribution is -0.0794. The molecule has 0 amide bonds. The van der Waals surface area contributed by atoms with Gasteiger partial charge in [0.15, 0.2) is 0 Å². The molecule has 1 fully saturated rings. The van der Waals surface area contributed by atoms with E-state index in [1.807, 2.05) is 0 Å². The molecule has 1 heterocycles. The van der Waals surface area contributed by atoms with E-state index in [0.29, 0.717) is 13.2 Å². The molecular formula is C14H29NO2. The zero-order valence-electron chi connectivity index (χ0n) is 11.3. The van der Waals surface area contributed by atoms with Gasteiger partial charge in [-0.15, -0.1) is 0 Å². The minimum atomic E-state index is -0.283. The summed E-state index contributed by atoms with van der Waals surface area (Å²) in [6.45, 7) is 4.23. The monoisotopic (exact) mass is 243 g/mol. The second kappa shape index (κ2) is 8.06. The third kappa shape index (κ3) is 4.57. The van der Waals surface area contributed by atoms with Gasteiger partial charge in [0, 0.05) is 18.6 Å². The molecule has 3 heteroatoms. The first kappa shape index (κ1) is 14.9. The highest BCUT2D eigenvalue weighted by atomic mass is 16.5. The van der Waals surface area contributed by atoms with E-state index in [4.69, 9.17) is 10.5 Å². The van der Waals surface area contributed by atoms with Crippen molar-refractivity contribution in [2.24, 2.45) is 11.1 Å². The summed E-state index contributed by atoms with van der Waals surface area (Å²) in [6.07, 6.45) is 8.85. The van der Waals surface area contributed by atoms with Crippen molar-refractivity contribution < 1.29 is 9.84 Å². The van der Waals surface area contributed by atoms with Crippen molar-refractivity contribution in [1.29, 1.82) is 0 Å². The summed E-state index contributed by atoms with van der Waals surface area (Å²) in [5, 5.41) is 10.3. The van der Waals surface area contributed by atoms with E-state index >= 15 is 0 Å². The van der Waals surface area contributed by atoms with E-state index in [9.17, 15) is 5.11 Å². The summed E-state index contributed by atoms with van der Waals surface area (Å²) >= 11 is 0. The maximum Gasteiger partial charge on any atom is 0.0630 e. The third-order valence-corrected chi connectivity index (χ3v) is 4.05. The van der Waals surface area contributed by atoms with E-state index in [1.54, 1.807) is 0 Å². The molecule has 2 atom stereocenters. The Morgan fingerprint density at radius 1 is 1.29 bits per heavy atom. The van der Waals surface area contributed by atoms with Crippen molar-refractivity contribution in [2.75, 3.05) is 19.8 Å². The topological polar surface area (TPSA) is 55.5 Å². The number of hydrogen-bond donors (Lipinski definition) is 2. The molecule has 0 radical (unpaired) electrons. The molecule has 0 aromatic carbocycles. The SMILES string of the molecule is CCCCCCCC(O)C1(CN)CCCOC1. The van der Waals surface area contributed by atoms with Crippen molar-refractivity contribution in [3.8, 4) is 0 Å². The summed E-state index contributed by atoms with van der Waals surface area (Å²) in [6, 6.07) is 0. The molecule has 2 unspecified atom stereocenters. The molecule has 0 aromatic rings. The van der Waals surface area contributed by atoms with Gasteiger partial charge in [0.05, 0.1) is 12.7 Å². The first-order chi connectivity index (χ1) is 8.25. The molecule has 3 N–H and O–H groups in total. The Labute approximate surface area is 106 Å². The second-order valence-electron chi connectivity index (χ2n) is 5.44. The Hall–Kier alpha value is -0.120. The molecule has 1 aliphatic heterocycles. The van der Waals surface area contributed by atoms with Crippen LogP contribution in [-0.2, 0) is 4.74 Å². The number of rotatable bonds is 8. The van der Waals surface area contributed by atoms with Crippen molar-refractivity contribution in [3.05, 3.63) is 0 Å². The predicted molar refractivity (Wildman–Crippen MR) is 70.9 cm³/mol. The molecule has 1 saturated heterocycles. The first-order valence-electron chi connectivity index (χ1n) is 7.21. The third-order valence-electron chi connectivity index (χ3n) is 4.05. The van der Waals surface area contributed by atoms with E-state index < -0.39 is 0 Å². The van der Waals surface area contributed by atoms with Crippen molar-refractivity contribution >= 4 is 0 Å². The number of nitrogens with two attached hydrogens (primary N) is 1. The summed E-state index contributed by atoms with van der Waals surface area (Å²) in [5.74, 6) is 0. The Balaban J connectivity index is 2.25. The normalized spacial score (nSPS) is 27.0. The smallest absolute Gasteiger partial charge is 0.0630 e. The van der Waals surface area contributed by atoms with Crippen LogP contribution in [-0.4, -0.2) is 31.0 Å². The lowest BCUT2D eigenvalue weighted by atomic mass is 9.75. The van der Waals surface area contributed by atoms with Gasteiger partial charge in [0.2, 0.25) is 0 Å². The molecule has 1 rings (SSSR count).